The Hall–Kier alpha value is -1.37. The summed E-state index contributed by atoms with van der Waals surface area (Å²) < 4.78 is 37.7. The summed E-state index contributed by atoms with van der Waals surface area (Å²) in [6.07, 6.45) is 2.57. The Bertz CT molecular complexity index is 621. The molecule has 0 saturated carbocycles. The Labute approximate surface area is 132 Å². The van der Waals surface area contributed by atoms with Crippen molar-refractivity contribution < 1.29 is 17.9 Å². The van der Waals surface area contributed by atoms with Crippen molar-refractivity contribution in [3.8, 4) is 5.75 Å². The van der Waals surface area contributed by atoms with Gasteiger partial charge in [0.1, 0.15) is 5.75 Å². The van der Waals surface area contributed by atoms with E-state index in [1.807, 2.05) is 13.8 Å². The lowest BCUT2D eigenvalue weighted by Gasteiger charge is -2.26. The van der Waals surface area contributed by atoms with Gasteiger partial charge in [0.05, 0.1) is 24.2 Å². The molecule has 0 spiro atoms. The van der Waals surface area contributed by atoms with E-state index < -0.39 is 10.0 Å². The molecule has 0 N–H and O–H groups in total. The third-order valence-corrected chi connectivity index (χ3v) is 5.61. The third kappa shape index (κ3) is 3.69. The largest absolute Gasteiger partial charge is 0.490 e. The van der Waals surface area contributed by atoms with Crippen LogP contribution in [0, 0.1) is 0 Å². The minimum absolute atomic E-state index is 0.0698. The van der Waals surface area contributed by atoms with E-state index in [0.717, 1.165) is 6.42 Å². The standard InChI is InChI=1S/C16H23NO4S/c1-4-13(3)21-16-7-6-15(12-14(16)5-2)22(18,19)17-8-10-20-11-9-17/h5-7,12-13H,2,4,8-11H2,1,3H3. The highest BCUT2D eigenvalue weighted by molar-refractivity contribution is 7.89. The SMILES string of the molecule is C=Cc1cc(S(=O)(=O)N2CCOCC2)ccc1OC(C)CC. The van der Waals surface area contributed by atoms with Gasteiger partial charge in [-0.15, -0.1) is 0 Å². The average molecular weight is 325 g/mol. The van der Waals surface area contributed by atoms with Crippen LogP contribution in [0.25, 0.3) is 6.08 Å². The van der Waals surface area contributed by atoms with Gasteiger partial charge in [-0.05, 0) is 31.5 Å². The minimum atomic E-state index is -3.50. The van der Waals surface area contributed by atoms with Gasteiger partial charge in [-0.2, -0.15) is 4.31 Å². The molecule has 1 heterocycles. The molecule has 0 amide bonds. The number of nitrogens with zero attached hydrogens (tertiary/aromatic N) is 1. The van der Waals surface area contributed by atoms with Crippen molar-refractivity contribution >= 4 is 16.1 Å². The van der Waals surface area contributed by atoms with Crippen LogP contribution in [0.15, 0.2) is 29.7 Å². The molecule has 122 valence electrons. The molecule has 0 aliphatic carbocycles. The summed E-state index contributed by atoms with van der Waals surface area (Å²) in [5.74, 6) is 0.658. The molecule has 1 atom stereocenters. The van der Waals surface area contributed by atoms with Crippen molar-refractivity contribution in [2.45, 2.75) is 31.3 Å². The Morgan fingerprint density at radius 1 is 1.41 bits per heavy atom. The molecule has 0 aromatic heterocycles. The first-order valence-electron chi connectivity index (χ1n) is 7.50. The van der Waals surface area contributed by atoms with Gasteiger partial charge in [0.15, 0.2) is 0 Å². The van der Waals surface area contributed by atoms with Gasteiger partial charge in [0, 0.05) is 18.7 Å². The molecule has 0 bridgehead atoms. The highest BCUT2D eigenvalue weighted by atomic mass is 32.2. The number of morpholine rings is 1. The zero-order valence-electron chi connectivity index (χ0n) is 13.1. The highest BCUT2D eigenvalue weighted by Crippen LogP contribution is 2.27. The van der Waals surface area contributed by atoms with Crippen LogP contribution in [0.1, 0.15) is 25.8 Å². The minimum Gasteiger partial charge on any atom is -0.490 e. The molecule has 1 aromatic rings. The second-order valence-electron chi connectivity index (χ2n) is 5.26. The van der Waals surface area contributed by atoms with Crippen molar-refractivity contribution in [1.29, 1.82) is 0 Å². The van der Waals surface area contributed by atoms with Crippen molar-refractivity contribution in [3.63, 3.8) is 0 Å². The quantitative estimate of drug-likeness (QED) is 0.806. The van der Waals surface area contributed by atoms with Crippen LogP contribution in [-0.4, -0.2) is 45.1 Å². The molecule has 1 fully saturated rings. The number of benzene rings is 1. The normalized spacial score (nSPS) is 17.9. The molecule has 1 aromatic carbocycles. The number of ether oxygens (including phenoxy) is 2. The lowest BCUT2D eigenvalue weighted by atomic mass is 10.2. The summed E-state index contributed by atoms with van der Waals surface area (Å²) in [7, 11) is -3.50. The first-order chi connectivity index (χ1) is 10.5. The van der Waals surface area contributed by atoms with Gasteiger partial charge in [-0.25, -0.2) is 8.42 Å². The van der Waals surface area contributed by atoms with Crippen molar-refractivity contribution in [3.05, 3.63) is 30.3 Å². The number of hydrogen-bond acceptors (Lipinski definition) is 4. The van der Waals surface area contributed by atoms with Gasteiger partial charge >= 0.3 is 0 Å². The van der Waals surface area contributed by atoms with Crippen LogP contribution in [-0.2, 0) is 14.8 Å². The maximum Gasteiger partial charge on any atom is 0.243 e. The van der Waals surface area contributed by atoms with E-state index in [1.165, 1.54) is 4.31 Å². The predicted molar refractivity (Wildman–Crippen MR) is 86.5 cm³/mol. The zero-order valence-corrected chi connectivity index (χ0v) is 13.9. The first kappa shape index (κ1) is 17.0. The number of hydrogen-bond donors (Lipinski definition) is 0. The molecule has 1 aliphatic heterocycles. The highest BCUT2D eigenvalue weighted by Gasteiger charge is 2.26. The van der Waals surface area contributed by atoms with Crippen LogP contribution >= 0.6 is 0 Å². The monoisotopic (exact) mass is 325 g/mol. The summed E-state index contributed by atoms with van der Waals surface area (Å²) in [5, 5.41) is 0. The molecule has 1 unspecified atom stereocenters. The summed E-state index contributed by atoms with van der Waals surface area (Å²) >= 11 is 0. The molecule has 0 radical (unpaired) electrons. The lowest BCUT2D eigenvalue weighted by Crippen LogP contribution is -2.40. The van der Waals surface area contributed by atoms with Crippen molar-refractivity contribution in [2.24, 2.45) is 0 Å². The van der Waals surface area contributed by atoms with Crippen molar-refractivity contribution in [2.75, 3.05) is 26.3 Å². The Morgan fingerprint density at radius 3 is 2.68 bits per heavy atom. The second-order valence-corrected chi connectivity index (χ2v) is 7.19. The van der Waals surface area contributed by atoms with Crippen LogP contribution in [0.5, 0.6) is 5.75 Å². The molecule has 6 heteroatoms. The number of rotatable bonds is 6. The van der Waals surface area contributed by atoms with Crippen molar-refractivity contribution in [1.82, 2.24) is 4.31 Å². The van der Waals surface area contributed by atoms with Crippen LogP contribution < -0.4 is 4.74 Å². The summed E-state index contributed by atoms with van der Waals surface area (Å²) in [6.45, 7) is 9.40. The molecular formula is C16H23NO4S. The lowest BCUT2D eigenvalue weighted by molar-refractivity contribution is 0.0730. The van der Waals surface area contributed by atoms with E-state index >= 15 is 0 Å². The maximum absolute atomic E-state index is 12.6. The molecule has 2 rings (SSSR count). The fraction of sp³-hybridized carbons (Fsp3) is 0.500. The smallest absolute Gasteiger partial charge is 0.243 e. The fourth-order valence-corrected chi connectivity index (χ4v) is 3.63. The summed E-state index contributed by atoms with van der Waals surface area (Å²) in [6, 6.07) is 4.92. The van der Waals surface area contributed by atoms with Crippen LogP contribution in [0.3, 0.4) is 0 Å². The first-order valence-corrected chi connectivity index (χ1v) is 8.94. The Balaban J connectivity index is 2.30. The van der Waals surface area contributed by atoms with Gasteiger partial charge in [-0.3, -0.25) is 0 Å². The molecular weight excluding hydrogens is 302 g/mol. The van der Waals surface area contributed by atoms with E-state index in [4.69, 9.17) is 9.47 Å². The summed E-state index contributed by atoms with van der Waals surface area (Å²) in [5.41, 5.74) is 0.689. The maximum atomic E-state index is 12.6. The molecule has 22 heavy (non-hydrogen) atoms. The molecule has 1 saturated heterocycles. The molecule has 1 aliphatic rings. The van der Waals surface area contributed by atoms with Gasteiger partial charge in [-0.1, -0.05) is 19.6 Å². The topological polar surface area (TPSA) is 55.8 Å². The van der Waals surface area contributed by atoms with E-state index in [1.54, 1.807) is 24.3 Å². The van der Waals surface area contributed by atoms with E-state index in [2.05, 4.69) is 6.58 Å². The Kier molecular flexibility index (Phi) is 5.61. The van der Waals surface area contributed by atoms with Crippen LogP contribution in [0.2, 0.25) is 0 Å². The van der Waals surface area contributed by atoms with E-state index in [0.29, 0.717) is 37.6 Å². The van der Waals surface area contributed by atoms with Gasteiger partial charge in [0.2, 0.25) is 10.0 Å². The Morgan fingerprint density at radius 2 is 2.09 bits per heavy atom. The van der Waals surface area contributed by atoms with Gasteiger partial charge in [0.25, 0.3) is 0 Å². The van der Waals surface area contributed by atoms with E-state index in [-0.39, 0.29) is 11.0 Å². The average Bonchev–Trinajstić information content (AvgIpc) is 2.55. The second kappa shape index (κ2) is 7.26. The summed E-state index contributed by atoms with van der Waals surface area (Å²) in [4.78, 5) is 0.265. The zero-order chi connectivity index (χ0) is 16.2. The third-order valence-electron chi connectivity index (χ3n) is 3.71. The van der Waals surface area contributed by atoms with Crippen LogP contribution in [0.4, 0.5) is 0 Å². The van der Waals surface area contributed by atoms with Gasteiger partial charge < -0.3 is 9.47 Å². The van der Waals surface area contributed by atoms with E-state index in [9.17, 15) is 8.42 Å². The molecule has 5 nitrogen and oxygen atoms in total. The fourth-order valence-electron chi connectivity index (χ4n) is 2.19. The predicted octanol–water partition coefficient (Wildman–Crippen LogP) is 2.53. The number of sulfonamides is 1.